The average molecular weight is 440 g/mol. The standard InChI is InChI=1S/C28H61N3/c1-8-15-22-29(23-16-9-2)28(21-14-7,30(24-17-10-3)25-18-11-4)31(26-19-12-5)27-20-13-6/h8-27H2,1-7H3. The summed E-state index contributed by atoms with van der Waals surface area (Å²) in [5, 5.41) is 0. The Morgan fingerprint density at radius 1 is 0.355 bits per heavy atom. The molecule has 0 amide bonds. The lowest BCUT2D eigenvalue weighted by atomic mass is 10.0. The van der Waals surface area contributed by atoms with Gasteiger partial charge in [0.15, 0.2) is 0 Å². The molecule has 0 spiro atoms. The lowest BCUT2D eigenvalue weighted by Gasteiger charge is -2.57. The van der Waals surface area contributed by atoms with Gasteiger partial charge in [-0.15, -0.1) is 0 Å². The van der Waals surface area contributed by atoms with Gasteiger partial charge in [-0.25, -0.2) is 0 Å². The molecule has 0 saturated carbocycles. The van der Waals surface area contributed by atoms with Gasteiger partial charge in [0.1, 0.15) is 5.79 Å². The fourth-order valence-electron chi connectivity index (χ4n) is 4.91. The minimum atomic E-state index is 0.105. The minimum absolute atomic E-state index is 0.105. The zero-order chi connectivity index (χ0) is 23.4. The molecule has 188 valence electrons. The van der Waals surface area contributed by atoms with E-state index in [2.05, 4.69) is 63.2 Å². The van der Waals surface area contributed by atoms with Gasteiger partial charge in [-0.1, -0.05) is 93.4 Å². The molecule has 0 atom stereocenters. The topological polar surface area (TPSA) is 9.72 Å². The molecule has 0 aromatic heterocycles. The van der Waals surface area contributed by atoms with E-state index in [9.17, 15) is 0 Å². The van der Waals surface area contributed by atoms with E-state index >= 15 is 0 Å². The highest BCUT2D eigenvalue weighted by molar-refractivity contribution is 4.91. The highest BCUT2D eigenvalue weighted by Gasteiger charge is 2.45. The molecule has 3 heteroatoms. The highest BCUT2D eigenvalue weighted by atomic mass is 15.6. The lowest BCUT2D eigenvalue weighted by Crippen LogP contribution is -2.71. The molecule has 0 rings (SSSR count). The maximum Gasteiger partial charge on any atom is 0.131 e. The van der Waals surface area contributed by atoms with Gasteiger partial charge in [0.25, 0.3) is 0 Å². The van der Waals surface area contributed by atoms with Crippen LogP contribution in [0.25, 0.3) is 0 Å². The van der Waals surface area contributed by atoms with Crippen LogP contribution in [0.4, 0.5) is 0 Å². The number of rotatable bonds is 23. The molecule has 0 heterocycles. The van der Waals surface area contributed by atoms with Crippen LogP contribution in [-0.2, 0) is 0 Å². The fourth-order valence-corrected chi connectivity index (χ4v) is 4.91. The molecule has 0 bridgehead atoms. The Morgan fingerprint density at radius 2 is 0.581 bits per heavy atom. The van der Waals surface area contributed by atoms with Gasteiger partial charge in [0.2, 0.25) is 0 Å². The van der Waals surface area contributed by atoms with Gasteiger partial charge >= 0.3 is 0 Å². The zero-order valence-electron chi connectivity index (χ0n) is 23.0. The molecule has 0 N–H and O–H groups in total. The van der Waals surface area contributed by atoms with E-state index in [0.717, 1.165) is 0 Å². The molecule has 31 heavy (non-hydrogen) atoms. The van der Waals surface area contributed by atoms with Crippen molar-refractivity contribution in [2.75, 3.05) is 39.3 Å². The first-order valence-electron chi connectivity index (χ1n) is 14.4. The van der Waals surface area contributed by atoms with Gasteiger partial charge in [0, 0.05) is 39.3 Å². The summed E-state index contributed by atoms with van der Waals surface area (Å²) in [5.41, 5.74) is 0. The number of hydrogen-bond acceptors (Lipinski definition) is 3. The molecule has 0 aliphatic heterocycles. The van der Waals surface area contributed by atoms with E-state index in [4.69, 9.17) is 0 Å². The highest BCUT2D eigenvalue weighted by Crippen LogP contribution is 2.33. The van der Waals surface area contributed by atoms with Crippen molar-refractivity contribution in [2.45, 2.75) is 144 Å². The van der Waals surface area contributed by atoms with Crippen LogP contribution >= 0.6 is 0 Å². The molecule has 0 aliphatic carbocycles. The van der Waals surface area contributed by atoms with Gasteiger partial charge in [-0.2, -0.15) is 0 Å². The lowest BCUT2D eigenvalue weighted by molar-refractivity contribution is -0.179. The Hall–Kier alpha value is -0.120. The van der Waals surface area contributed by atoms with E-state index in [-0.39, 0.29) is 5.79 Å². The number of hydrogen-bond donors (Lipinski definition) is 0. The Balaban J connectivity index is 6.43. The maximum absolute atomic E-state index is 2.96. The summed E-state index contributed by atoms with van der Waals surface area (Å²) < 4.78 is 0. The largest absolute Gasteiger partial charge is 0.273 e. The number of nitrogens with zero attached hydrogens (tertiary/aromatic N) is 3. The summed E-state index contributed by atoms with van der Waals surface area (Å²) in [4.78, 5) is 8.88. The third kappa shape index (κ3) is 11.0. The quantitative estimate of drug-likeness (QED) is 0.149. The van der Waals surface area contributed by atoms with Crippen molar-refractivity contribution in [3.63, 3.8) is 0 Å². The summed E-state index contributed by atoms with van der Waals surface area (Å²) in [7, 11) is 0. The van der Waals surface area contributed by atoms with E-state index in [1.54, 1.807) is 0 Å². The summed E-state index contributed by atoms with van der Waals surface area (Å²) >= 11 is 0. The van der Waals surface area contributed by atoms with Crippen molar-refractivity contribution in [2.24, 2.45) is 0 Å². The van der Waals surface area contributed by atoms with Crippen LogP contribution in [0.15, 0.2) is 0 Å². The Morgan fingerprint density at radius 3 is 0.742 bits per heavy atom. The first kappa shape index (κ1) is 30.9. The molecule has 0 aromatic rings. The van der Waals surface area contributed by atoms with Crippen molar-refractivity contribution >= 4 is 0 Å². The molecule has 3 nitrogen and oxygen atoms in total. The predicted octanol–water partition coefficient (Wildman–Crippen LogP) is 8.15. The minimum Gasteiger partial charge on any atom is -0.273 e. The van der Waals surface area contributed by atoms with Crippen molar-refractivity contribution in [3.8, 4) is 0 Å². The Bertz CT molecular complexity index is 297. The summed E-state index contributed by atoms with van der Waals surface area (Å²) in [6, 6.07) is 0. The second-order valence-electron chi connectivity index (χ2n) is 9.61. The Labute approximate surface area is 198 Å². The fraction of sp³-hybridized carbons (Fsp3) is 1.00. The summed E-state index contributed by atoms with van der Waals surface area (Å²) in [6.07, 6.45) is 18.2. The first-order valence-corrected chi connectivity index (χ1v) is 14.4. The van der Waals surface area contributed by atoms with E-state index < -0.39 is 0 Å². The molecular weight excluding hydrogens is 378 g/mol. The zero-order valence-corrected chi connectivity index (χ0v) is 23.0. The Kier molecular flexibility index (Phi) is 20.4. The SMILES string of the molecule is CCCCN(CCCC)C(CCC)(N(CCCC)CCCC)N(CCCC)CCCC. The van der Waals surface area contributed by atoms with Crippen LogP contribution < -0.4 is 0 Å². The van der Waals surface area contributed by atoms with Crippen LogP contribution in [0.5, 0.6) is 0 Å². The van der Waals surface area contributed by atoms with Crippen molar-refractivity contribution in [1.29, 1.82) is 0 Å². The van der Waals surface area contributed by atoms with Gasteiger partial charge < -0.3 is 0 Å². The molecular formula is C28H61N3. The van der Waals surface area contributed by atoms with Gasteiger partial charge in [-0.3, -0.25) is 14.7 Å². The van der Waals surface area contributed by atoms with Crippen LogP contribution in [0.3, 0.4) is 0 Å². The first-order chi connectivity index (χ1) is 15.1. The maximum atomic E-state index is 2.96. The van der Waals surface area contributed by atoms with Crippen molar-refractivity contribution in [3.05, 3.63) is 0 Å². The third-order valence-corrected chi connectivity index (χ3v) is 6.79. The monoisotopic (exact) mass is 439 g/mol. The summed E-state index contributed by atoms with van der Waals surface area (Å²) in [6.45, 7) is 24.1. The number of unbranched alkanes of at least 4 members (excludes halogenated alkanes) is 6. The van der Waals surface area contributed by atoms with E-state index in [0.29, 0.717) is 0 Å². The molecule has 0 radical (unpaired) electrons. The second-order valence-corrected chi connectivity index (χ2v) is 9.61. The van der Waals surface area contributed by atoms with Crippen LogP contribution in [-0.4, -0.2) is 59.8 Å². The van der Waals surface area contributed by atoms with Crippen molar-refractivity contribution in [1.82, 2.24) is 14.7 Å². The molecule has 0 aliphatic rings. The van der Waals surface area contributed by atoms with E-state index in [1.165, 1.54) is 129 Å². The predicted molar refractivity (Wildman–Crippen MR) is 142 cm³/mol. The van der Waals surface area contributed by atoms with Crippen molar-refractivity contribution < 1.29 is 0 Å². The van der Waals surface area contributed by atoms with Crippen LogP contribution in [0.1, 0.15) is 138 Å². The van der Waals surface area contributed by atoms with Crippen LogP contribution in [0.2, 0.25) is 0 Å². The second kappa shape index (κ2) is 20.5. The van der Waals surface area contributed by atoms with Gasteiger partial charge in [0.05, 0.1) is 0 Å². The van der Waals surface area contributed by atoms with Crippen LogP contribution in [0, 0.1) is 0 Å². The molecule has 0 saturated heterocycles. The van der Waals surface area contributed by atoms with Gasteiger partial charge in [-0.05, 0) is 44.9 Å². The normalized spacial score (nSPS) is 12.6. The smallest absolute Gasteiger partial charge is 0.131 e. The molecule has 0 unspecified atom stereocenters. The van der Waals surface area contributed by atoms with E-state index in [1.807, 2.05) is 0 Å². The molecule has 0 fully saturated rings. The average Bonchev–Trinajstić information content (AvgIpc) is 2.78. The summed E-state index contributed by atoms with van der Waals surface area (Å²) in [5.74, 6) is 0.105. The molecule has 0 aromatic carbocycles. The third-order valence-electron chi connectivity index (χ3n) is 6.79.